The molecule has 1 nitrogen and oxygen atoms in total. The summed E-state index contributed by atoms with van der Waals surface area (Å²) in [5.74, 6) is -0.508. The van der Waals surface area contributed by atoms with Gasteiger partial charge in [-0.3, -0.25) is 4.79 Å². The van der Waals surface area contributed by atoms with Crippen LogP contribution in [0.2, 0.25) is 0 Å². The lowest BCUT2D eigenvalue weighted by atomic mass is 10.0. The number of carbonyl (C=O) groups is 1. The van der Waals surface area contributed by atoms with Gasteiger partial charge in [-0.05, 0) is 62.3 Å². The van der Waals surface area contributed by atoms with Crippen molar-refractivity contribution in [2.45, 2.75) is 6.42 Å². The number of carbonyl (C=O) groups excluding carboxylic acids is 1. The van der Waals surface area contributed by atoms with Crippen molar-refractivity contribution in [3.8, 4) is 0 Å². The number of hydrogen-bond acceptors (Lipinski definition) is 1. The van der Waals surface area contributed by atoms with Crippen molar-refractivity contribution < 1.29 is 9.18 Å². The van der Waals surface area contributed by atoms with Gasteiger partial charge in [0, 0.05) is 15.6 Å². The van der Waals surface area contributed by atoms with E-state index < -0.39 is 5.82 Å². The van der Waals surface area contributed by atoms with E-state index in [2.05, 4.69) is 38.5 Å². The third-order valence-electron chi connectivity index (χ3n) is 2.53. The minimum atomic E-state index is -0.413. The predicted octanol–water partition coefficient (Wildman–Crippen LogP) is 4.62. The van der Waals surface area contributed by atoms with Crippen LogP contribution in [0, 0.1) is 9.39 Å². The molecule has 4 heteroatoms. The molecule has 0 radical (unpaired) electrons. The molecule has 92 valence electrons. The Bertz CT molecular complexity index is 581. The van der Waals surface area contributed by atoms with E-state index in [1.54, 1.807) is 12.1 Å². The molecule has 18 heavy (non-hydrogen) atoms. The molecule has 0 aliphatic heterocycles. The molecule has 2 aromatic carbocycles. The normalized spacial score (nSPS) is 10.4. The topological polar surface area (TPSA) is 17.1 Å². The highest BCUT2D eigenvalue weighted by atomic mass is 127. The third kappa shape index (κ3) is 3.17. The summed E-state index contributed by atoms with van der Waals surface area (Å²) in [6.07, 6.45) is 0.277. The molecule has 0 atom stereocenters. The number of Topliss-reactive ketones (excluding diaryl/α,β-unsaturated/α-hetero) is 1. The average Bonchev–Trinajstić information content (AvgIpc) is 2.35. The second kappa shape index (κ2) is 5.93. The van der Waals surface area contributed by atoms with Crippen LogP contribution in [-0.2, 0) is 6.42 Å². The fourth-order valence-corrected chi connectivity index (χ4v) is 2.45. The van der Waals surface area contributed by atoms with Crippen molar-refractivity contribution in [3.63, 3.8) is 0 Å². The Morgan fingerprint density at radius 1 is 1.17 bits per heavy atom. The van der Waals surface area contributed by atoms with Crippen molar-refractivity contribution in [2.24, 2.45) is 0 Å². The Morgan fingerprint density at radius 2 is 1.83 bits per heavy atom. The van der Waals surface area contributed by atoms with Crippen LogP contribution < -0.4 is 0 Å². The first kappa shape index (κ1) is 13.7. The Balaban J connectivity index is 2.22. The molecule has 0 unspecified atom stereocenters. The highest BCUT2D eigenvalue weighted by Crippen LogP contribution is 2.22. The largest absolute Gasteiger partial charge is 0.294 e. The molecule has 0 N–H and O–H groups in total. The first-order valence-electron chi connectivity index (χ1n) is 5.29. The highest BCUT2D eigenvalue weighted by molar-refractivity contribution is 14.1. The zero-order valence-corrected chi connectivity index (χ0v) is 13.0. The van der Waals surface area contributed by atoms with Gasteiger partial charge in [-0.1, -0.05) is 24.3 Å². The summed E-state index contributed by atoms with van der Waals surface area (Å²) in [5.41, 5.74) is 1.31. The van der Waals surface area contributed by atoms with E-state index in [4.69, 9.17) is 0 Å². The molecule has 0 amide bonds. The summed E-state index contributed by atoms with van der Waals surface area (Å²) in [7, 11) is 0. The maximum Gasteiger partial charge on any atom is 0.168 e. The summed E-state index contributed by atoms with van der Waals surface area (Å²) < 4.78 is 14.7. The number of halogens is 3. The van der Waals surface area contributed by atoms with Gasteiger partial charge in [0.25, 0.3) is 0 Å². The van der Waals surface area contributed by atoms with Crippen LogP contribution in [0.5, 0.6) is 0 Å². The van der Waals surface area contributed by atoms with Gasteiger partial charge in [0.1, 0.15) is 5.82 Å². The van der Waals surface area contributed by atoms with Crippen LogP contribution in [0.3, 0.4) is 0 Å². The van der Waals surface area contributed by atoms with Gasteiger partial charge >= 0.3 is 0 Å². The maximum atomic E-state index is 13.3. The van der Waals surface area contributed by atoms with Crippen LogP contribution in [0.1, 0.15) is 15.9 Å². The molecule has 0 aliphatic rings. The number of hydrogen-bond donors (Lipinski definition) is 0. The van der Waals surface area contributed by atoms with Gasteiger partial charge in [-0.15, -0.1) is 0 Å². The molecular formula is C14H9BrFIO. The van der Waals surface area contributed by atoms with E-state index in [9.17, 15) is 9.18 Å². The zero-order valence-electron chi connectivity index (χ0n) is 9.29. The van der Waals surface area contributed by atoms with E-state index in [1.165, 1.54) is 6.07 Å². The van der Waals surface area contributed by atoms with Gasteiger partial charge in [0.15, 0.2) is 5.78 Å². The summed E-state index contributed by atoms with van der Waals surface area (Å²) in [6, 6.07) is 12.2. The Hall–Kier alpha value is -0.750. The highest BCUT2D eigenvalue weighted by Gasteiger charge is 2.13. The molecule has 0 aliphatic carbocycles. The lowest BCUT2D eigenvalue weighted by Crippen LogP contribution is -2.05. The lowest BCUT2D eigenvalue weighted by Gasteiger charge is -2.05. The quantitative estimate of drug-likeness (QED) is 0.525. The standard InChI is InChI=1S/C14H9BrFIO/c15-14-11(2-1-3-12(14)16)13(18)8-9-4-6-10(17)7-5-9/h1-7H,8H2. The van der Waals surface area contributed by atoms with E-state index >= 15 is 0 Å². The van der Waals surface area contributed by atoms with Crippen molar-refractivity contribution in [1.29, 1.82) is 0 Å². The van der Waals surface area contributed by atoms with Crippen molar-refractivity contribution >= 4 is 44.3 Å². The first-order valence-corrected chi connectivity index (χ1v) is 7.17. The van der Waals surface area contributed by atoms with Gasteiger partial charge in [-0.2, -0.15) is 0 Å². The van der Waals surface area contributed by atoms with E-state index in [1.807, 2.05) is 24.3 Å². The van der Waals surface area contributed by atoms with Crippen LogP contribution in [-0.4, -0.2) is 5.78 Å². The van der Waals surface area contributed by atoms with Crippen molar-refractivity contribution in [1.82, 2.24) is 0 Å². The van der Waals surface area contributed by atoms with E-state index in [0.717, 1.165) is 9.13 Å². The molecular weight excluding hydrogens is 410 g/mol. The van der Waals surface area contributed by atoms with E-state index in [0.29, 0.717) is 5.56 Å². The monoisotopic (exact) mass is 418 g/mol. The average molecular weight is 419 g/mol. The molecule has 0 aromatic heterocycles. The maximum absolute atomic E-state index is 13.3. The summed E-state index contributed by atoms with van der Waals surface area (Å²) in [5, 5.41) is 0. The van der Waals surface area contributed by atoms with Crippen LogP contribution in [0.15, 0.2) is 46.9 Å². The molecule has 0 saturated heterocycles. The first-order chi connectivity index (χ1) is 8.58. The van der Waals surface area contributed by atoms with Gasteiger partial charge < -0.3 is 0 Å². The molecule has 0 bridgehead atoms. The molecule has 0 spiro atoms. The van der Waals surface area contributed by atoms with E-state index in [-0.39, 0.29) is 16.7 Å². The van der Waals surface area contributed by atoms with Crippen LogP contribution in [0.25, 0.3) is 0 Å². The number of rotatable bonds is 3. The lowest BCUT2D eigenvalue weighted by molar-refractivity contribution is 0.0991. The molecule has 0 heterocycles. The summed E-state index contributed by atoms with van der Waals surface area (Å²) >= 11 is 5.32. The number of ketones is 1. The fourth-order valence-electron chi connectivity index (χ4n) is 1.60. The SMILES string of the molecule is O=C(Cc1ccc(I)cc1)c1cccc(F)c1Br. The molecule has 2 rings (SSSR count). The van der Waals surface area contributed by atoms with Crippen LogP contribution >= 0.6 is 38.5 Å². The molecule has 0 saturated carbocycles. The smallest absolute Gasteiger partial charge is 0.168 e. The second-order valence-electron chi connectivity index (χ2n) is 3.83. The zero-order chi connectivity index (χ0) is 13.1. The van der Waals surface area contributed by atoms with Gasteiger partial charge in [-0.25, -0.2) is 4.39 Å². The minimum Gasteiger partial charge on any atom is -0.294 e. The Labute approximate surface area is 127 Å². The summed E-state index contributed by atoms with van der Waals surface area (Å²) in [4.78, 5) is 12.1. The third-order valence-corrected chi connectivity index (χ3v) is 4.06. The second-order valence-corrected chi connectivity index (χ2v) is 5.87. The fraction of sp³-hybridized carbons (Fsp3) is 0.0714. The van der Waals surface area contributed by atoms with Gasteiger partial charge in [0.2, 0.25) is 0 Å². The van der Waals surface area contributed by atoms with Gasteiger partial charge in [0.05, 0.1) is 4.47 Å². The number of benzene rings is 2. The molecule has 2 aromatic rings. The Morgan fingerprint density at radius 3 is 2.50 bits per heavy atom. The minimum absolute atomic E-state index is 0.0948. The Kier molecular flexibility index (Phi) is 4.50. The predicted molar refractivity (Wildman–Crippen MR) is 81.3 cm³/mol. The van der Waals surface area contributed by atoms with Crippen LogP contribution in [0.4, 0.5) is 4.39 Å². The summed E-state index contributed by atoms with van der Waals surface area (Å²) in [6.45, 7) is 0. The van der Waals surface area contributed by atoms with Crippen molar-refractivity contribution in [3.05, 3.63) is 67.5 Å². The van der Waals surface area contributed by atoms with Crippen molar-refractivity contribution in [2.75, 3.05) is 0 Å². The molecule has 0 fully saturated rings.